The minimum absolute atomic E-state index is 0.00265. The van der Waals surface area contributed by atoms with Gasteiger partial charge in [0, 0.05) is 6.42 Å². The second-order valence-electron chi connectivity index (χ2n) is 22.8. The number of hydrogen-bond acceptors (Lipinski definition) is 6. The fourth-order valence-corrected chi connectivity index (χ4v) is 10.4. The number of amides is 1. The van der Waals surface area contributed by atoms with Gasteiger partial charge in [0.05, 0.1) is 39.9 Å². The zero-order chi connectivity index (χ0) is 51.3. The van der Waals surface area contributed by atoms with E-state index in [1.54, 1.807) is 6.08 Å². The van der Waals surface area contributed by atoms with Crippen LogP contribution in [0.4, 0.5) is 0 Å². The Hall–Kier alpha value is -0.760. The molecule has 0 aliphatic carbocycles. The van der Waals surface area contributed by atoms with Crippen LogP contribution < -0.4 is 10.2 Å². The Bertz CT molecular complexity index is 1150. The summed E-state index contributed by atoms with van der Waals surface area (Å²) in [6, 6.07) is -0.882. The third-order valence-electron chi connectivity index (χ3n) is 14.5. The van der Waals surface area contributed by atoms with E-state index in [1.807, 2.05) is 27.2 Å². The Kier molecular flexibility index (Phi) is 52.5. The number of phosphoric acid groups is 1. The number of hydrogen-bond donors (Lipinski definition) is 2. The lowest BCUT2D eigenvalue weighted by molar-refractivity contribution is -0.870. The number of aliphatic hydroxyl groups excluding tert-OH is 1. The van der Waals surface area contributed by atoms with Gasteiger partial charge in [0.2, 0.25) is 5.91 Å². The average Bonchev–Trinajstić information content (AvgIpc) is 3.32. The van der Waals surface area contributed by atoms with Crippen molar-refractivity contribution in [1.82, 2.24) is 5.32 Å². The molecule has 1 unspecified atom stereocenters. The molecule has 0 rings (SSSR count). The van der Waals surface area contributed by atoms with E-state index >= 15 is 0 Å². The van der Waals surface area contributed by atoms with E-state index in [1.165, 1.54) is 263 Å². The molecule has 0 aromatic carbocycles. The quantitative estimate of drug-likeness (QED) is 0.0272. The van der Waals surface area contributed by atoms with Gasteiger partial charge in [-0.2, -0.15) is 0 Å². The van der Waals surface area contributed by atoms with Crippen LogP contribution in [0.25, 0.3) is 0 Å². The Balaban J connectivity index is 3.99. The highest BCUT2D eigenvalue weighted by Gasteiger charge is 2.23. The van der Waals surface area contributed by atoms with Gasteiger partial charge in [0.25, 0.3) is 7.82 Å². The maximum Gasteiger partial charge on any atom is 0.268 e. The number of allylic oxidation sites excluding steroid dienone is 1. The van der Waals surface area contributed by atoms with Gasteiger partial charge in [-0.15, -0.1) is 0 Å². The minimum Gasteiger partial charge on any atom is -0.756 e. The van der Waals surface area contributed by atoms with Crippen LogP contribution in [-0.4, -0.2) is 68.5 Å². The molecule has 0 heterocycles. The number of nitrogens with zero attached hydrogens (tertiary/aromatic N) is 1. The molecule has 0 aliphatic rings. The van der Waals surface area contributed by atoms with E-state index in [9.17, 15) is 19.4 Å². The Labute approximate surface area is 437 Å². The summed E-state index contributed by atoms with van der Waals surface area (Å²) < 4.78 is 23.4. The molecule has 0 radical (unpaired) electrons. The van der Waals surface area contributed by atoms with Crippen molar-refractivity contribution in [1.29, 1.82) is 0 Å². The fraction of sp³-hybridized carbons (Fsp3) is 0.951. The lowest BCUT2D eigenvalue weighted by atomic mass is 10.0. The summed E-state index contributed by atoms with van der Waals surface area (Å²) in [5, 5.41) is 13.9. The highest BCUT2D eigenvalue weighted by atomic mass is 31.2. The zero-order valence-electron chi connectivity index (χ0n) is 47.8. The van der Waals surface area contributed by atoms with Gasteiger partial charge in [-0.05, 0) is 19.3 Å². The number of carbonyl (C=O) groups is 1. The highest BCUT2D eigenvalue weighted by molar-refractivity contribution is 7.45. The summed E-state index contributed by atoms with van der Waals surface area (Å²) in [4.78, 5) is 25.5. The van der Waals surface area contributed by atoms with Gasteiger partial charge in [-0.3, -0.25) is 9.36 Å². The minimum atomic E-state index is -4.59. The molecule has 0 aromatic heterocycles. The summed E-state index contributed by atoms with van der Waals surface area (Å²) in [6.07, 6.45) is 66.0. The van der Waals surface area contributed by atoms with Crippen LogP contribution in [-0.2, 0) is 18.4 Å². The molecule has 1 amide bonds. The predicted molar refractivity (Wildman–Crippen MR) is 302 cm³/mol. The van der Waals surface area contributed by atoms with Crippen molar-refractivity contribution in [2.75, 3.05) is 40.9 Å². The second kappa shape index (κ2) is 53.1. The Morgan fingerprint density at radius 3 is 1.07 bits per heavy atom. The molecule has 418 valence electrons. The molecule has 8 nitrogen and oxygen atoms in total. The van der Waals surface area contributed by atoms with E-state index < -0.39 is 20.0 Å². The summed E-state index contributed by atoms with van der Waals surface area (Å²) in [5.74, 6) is -0.190. The molecule has 2 N–H and O–H groups in total. The number of unbranched alkanes of at least 4 members (excludes halogenated alkanes) is 45. The van der Waals surface area contributed by atoms with Crippen LogP contribution in [0.15, 0.2) is 12.2 Å². The van der Waals surface area contributed by atoms with E-state index in [0.717, 1.165) is 38.5 Å². The van der Waals surface area contributed by atoms with Gasteiger partial charge >= 0.3 is 0 Å². The molecule has 0 saturated heterocycles. The van der Waals surface area contributed by atoms with Gasteiger partial charge in [0.15, 0.2) is 0 Å². The second-order valence-corrected chi connectivity index (χ2v) is 24.2. The van der Waals surface area contributed by atoms with Gasteiger partial charge in [-0.25, -0.2) is 0 Å². The number of nitrogens with one attached hydrogen (secondary N) is 1. The number of quaternary nitrogens is 1. The number of phosphoric ester groups is 1. The van der Waals surface area contributed by atoms with Crippen molar-refractivity contribution in [3.05, 3.63) is 12.2 Å². The fourth-order valence-electron chi connectivity index (χ4n) is 9.63. The molecular formula is C61H123N2O6P. The van der Waals surface area contributed by atoms with E-state index in [-0.39, 0.29) is 19.1 Å². The van der Waals surface area contributed by atoms with Crippen molar-refractivity contribution in [2.24, 2.45) is 0 Å². The summed E-state index contributed by atoms with van der Waals surface area (Å²) in [5.41, 5.74) is 0. The van der Waals surface area contributed by atoms with Crippen molar-refractivity contribution in [3.8, 4) is 0 Å². The molecule has 70 heavy (non-hydrogen) atoms. The first-order valence-corrected chi connectivity index (χ1v) is 32.5. The number of likely N-dealkylation sites (N-methyl/N-ethyl adjacent to an activating group) is 1. The zero-order valence-corrected chi connectivity index (χ0v) is 48.6. The lowest BCUT2D eigenvalue weighted by Crippen LogP contribution is -2.45. The maximum atomic E-state index is 13.0. The topological polar surface area (TPSA) is 108 Å². The van der Waals surface area contributed by atoms with Crippen molar-refractivity contribution in [2.45, 2.75) is 334 Å². The summed E-state index contributed by atoms with van der Waals surface area (Å²) in [6.45, 7) is 4.70. The molecule has 0 saturated carbocycles. The van der Waals surface area contributed by atoms with E-state index in [4.69, 9.17) is 9.05 Å². The third kappa shape index (κ3) is 55.0. The first kappa shape index (κ1) is 69.2. The summed E-state index contributed by atoms with van der Waals surface area (Å²) in [7, 11) is 1.28. The van der Waals surface area contributed by atoms with Gasteiger partial charge < -0.3 is 28.8 Å². The van der Waals surface area contributed by atoms with Crippen molar-refractivity contribution in [3.63, 3.8) is 0 Å². The molecule has 0 fully saturated rings. The summed E-state index contributed by atoms with van der Waals surface area (Å²) >= 11 is 0. The standard InChI is InChI=1S/C61H123N2O6P/c1-6-8-10-12-14-16-18-20-22-24-25-26-27-28-29-30-31-32-33-34-35-36-37-38-39-41-43-45-47-49-51-53-55-61(65)62-59(58-69-70(66,67)68-57-56-63(3,4)5)60(64)54-52-50-48-46-44-42-40-23-21-19-17-15-13-11-9-7-2/h52,54,59-60,64H,6-51,53,55-58H2,1-5H3,(H-,62,65,66,67)/b54-52+/t59-,60+/m0/s1. The largest absolute Gasteiger partial charge is 0.756 e. The molecule has 0 bridgehead atoms. The lowest BCUT2D eigenvalue weighted by Gasteiger charge is -2.29. The molecule has 0 aromatic rings. The van der Waals surface area contributed by atoms with E-state index in [0.29, 0.717) is 17.4 Å². The molecule has 3 atom stereocenters. The number of aliphatic hydroxyl groups is 1. The van der Waals surface area contributed by atoms with Crippen LogP contribution in [0.2, 0.25) is 0 Å². The molecule has 9 heteroatoms. The van der Waals surface area contributed by atoms with Crippen LogP contribution >= 0.6 is 7.82 Å². The monoisotopic (exact) mass is 1010 g/mol. The Morgan fingerprint density at radius 2 is 0.771 bits per heavy atom. The van der Waals surface area contributed by atoms with Crippen molar-refractivity contribution < 1.29 is 32.9 Å². The molecular weight excluding hydrogens is 888 g/mol. The third-order valence-corrected chi connectivity index (χ3v) is 15.5. The number of carbonyl (C=O) groups excluding carboxylic acids is 1. The first-order chi connectivity index (χ1) is 34.0. The van der Waals surface area contributed by atoms with E-state index in [2.05, 4.69) is 19.2 Å². The van der Waals surface area contributed by atoms with Crippen molar-refractivity contribution >= 4 is 13.7 Å². The maximum absolute atomic E-state index is 13.0. The van der Waals surface area contributed by atoms with Gasteiger partial charge in [-0.1, -0.05) is 309 Å². The molecule has 0 spiro atoms. The highest BCUT2D eigenvalue weighted by Crippen LogP contribution is 2.38. The van der Waals surface area contributed by atoms with Gasteiger partial charge in [0.1, 0.15) is 13.2 Å². The predicted octanol–water partition coefficient (Wildman–Crippen LogP) is 18.4. The van der Waals surface area contributed by atoms with Crippen LogP contribution in [0.3, 0.4) is 0 Å². The average molecular weight is 1010 g/mol. The van der Waals surface area contributed by atoms with Crippen LogP contribution in [0, 0.1) is 0 Å². The smallest absolute Gasteiger partial charge is 0.268 e. The normalized spacial score (nSPS) is 13.9. The van der Waals surface area contributed by atoms with Crippen LogP contribution in [0.5, 0.6) is 0 Å². The SMILES string of the molecule is CCCCCCCCCCCCCCCC/C=C/[C@@H](O)[C@H](COP(=O)([O-])OCC[N+](C)(C)C)NC(=O)CCCCCCCCCCCCCCCCCCCCCCCCCCCCCCCCCC. The Morgan fingerprint density at radius 1 is 0.486 bits per heavy atom. The molecule has 0 aliphatic heterocycles. The number of rotatable bonds is 58. The van der Waals surface area contributed by atoms with Crippen LogP contribution in [0.1, 0.15) is 322 Å². The first-order valence-electron chi connectivity index (χ1n) is 31.1.